The molecule has 0 amide bonds. The number of hydrogen-bond donors (Lipinski definition) is 3. The summed E-state index contributed by atoms with van der Waals surface area (Å²) in [6.45, 7) is 8.12. The van der Waals surface area contributed by atoms with Crippen LogP contribution >= 0.6 is 0 Å². The van der Waals surface area contributed by atoms with Gasteiger partial charge in [0.1, 0.15) is 0 Å². The van der Waals surface area contributed by atoms with Crippen molar-refractivity contribution in [2.75, 3.05) is 0 Å². The van der Waals surface area contributed by atoms with E-state index in [1.54, 1.807) is 0 Å². The lowest BCUT2D eigenvalue weighted by Crippen LogP contribution is -2.63. The Labute approximate surface area is 110 Å². The van der Waals surface area contributed by atoms with Gasteiger partial charge in [-0.15, -0.1) is 0 Å². The van der Waals surface area contributed by atoms with Crippen LogP contribution in [0.5, 0.6) is 0 Å². The maximum atomic E-state index is 10.7. The molecule has 0 aromatic rings. The van der Waals surface area contributed by atoms with Gasteiger partial charge in [0.25, 0.3) is 0 Å². The van der Waals surface area contributed by atoms with E-state index in [1.807, 2.05) is 13.8 Å². The van der Waals surface area contributed by atoms with Crippen LogP contribution in [0.3, 0.4) is 0 Å². The van der Waals surface area contributed by atoms with Gasteiger partial charge in [-0.25, -0.2) is 0 Å². The standard InChI is InChI=1S/C15H28O3/c1-9(2)10-5-7-14(3)11(16)6-8-15(4,18)13(14)12(10)17/h9-13,16-18H,5-8H2,1-4H3/t10-,11-,12+,13?,14+,15-/m0/s1. The Hall–Kier alpha value is -0.120. The number of aliphatic hydroxyl groups excluding tert-OH is 2. The first-order valence-corrected chi connectivity index (χ1v) is 7.28. The van der Waals surface area contributed by atoms with Crippen LogP contribution in [0.4, 0.5) is 0 Å². The van der Waals surface area contributed by atoms with Crippen molar-refractivity contribution in [1.29, 1.82) is 0 Å². The van der Waals surface area contributed by atoms with E-state index in [9.17, 15) is 15.3 Å². The Morgan fingerprint density at radius 1 is 1.06 bits per heavy atom. The van der Waals surface area contributed by atoms with Crippen molar-refractivity contribution in [1.82, 2.24) is 0 Å². The van der Waals surface area contributed by atoms with Crippen LogP contribution in [0, 0.1) is 23.2 Å². The maximum Gasteiger partial charge on any atom is 0.0679 e. The molecule has 2 fully saturated rings. The summed E-state index contributed by atoms with van der Waals surface area (Å²) in [5.41, 5.74) is -1.20. The highest BCUT2D eigenvalue weighted by atomic mass is 16.3. The van der Waals surface area contributed by atoms with Gasteiger partial charge in [0.05, 0.1) is 17.8 Å². The zero-order valence-corrected chi connectivity index (χ0v) is 12.1. The van der Waals surface area contributed by atoms with Crippen LogP contribution in [0.25, 0.3) is 0 Å². The van der Waals surface area contributed by atoms with E-state index < -0.39 is 17.8 Å². The molecule has 2 aliphatic rings. The molecule has 0 spiro atoms. The lowest BCUT2D eigenvalue weighted by atomic mass is 9.50. The second kappa shape index (κ2) is 4.46. The molecule has 2 rings (SSSR count). The summed E-state index contributed by atoms with van der Waals surface area (Å²) in [5, 5.41) is 31.6. The van der Waals surface area contributed by atoms with Crippen LogP contribution in [-0.2, 0) is 0 Å². The van der Waals surface area contributed by atoms with Gasteiger partial charge >= 0.3 is 0 Å². The van der Waals surface area contributed by atoms with Gasteiger partial charge in [0.15, 0.2) is 0 Å². The van der Waals surface area contributed by atoms with E-state index in [0.29, 0.717) is 18.8 Å². The van der Waals surface area contributed by atoms with E-state index in [1.165, 1.54) is 0 Å². The first-order valence-electron chi connectivity index (χ1n) is 7.28. The van der Waals surface area contributed by atoms with E-state index in [-0.39, 0.29) is 17.3 Å². The maximum absolute atomic E-state index is 10.7. The Balaban J connectivity index is 2.35. The van der Waals surface area contributed by atoms with E-state index in [4.69, 9.17) is 0 Å². The highest BCUT2D eigenvalue weighted by molar-refractivity contribution is 5.08. The van der Waals surface area contributed by atoms with Gasteiger partial charge in [0.2, 0.25) is 0 Å². The third-order valence-corrected chi connectivity index (χ3v) is 5.72. The molecule has 3 N–H and O–H groups in total. The van der Waals surface area contributed by atoms with Gasteiger partial charge in [0, 0.05) is 11.3 Å². The molecular weight excluding hydrogens is 228 g/mol. The molecule has 18 heavy (non-hydrogen) atoms. The molecule has 6 atom stereocenters. The van der Waals surface area contributed by atoms with Gasteiger partial charge < -0.3 is 15.3 Å². The topological polar surface area (TPSA) is 60.7 Å². The monoisotopic (exact) mass is 256 g/mol. The molecule has 0 heterocycles. The highest BCUT2D eigenvalue weighted by Gasteiger charge is 2.59. The van der Waals surface area contributed by atoms with Crippen LogP contribution in [0.15, 0.2) is 0 Å². The molecule has 1 unspecified atom stereocenters. The van der Waals surface area contributed by atoms with Crippen LogP contribution in [-0.4, -0.2) is 33.1 Å². The summed E-state index contributed by atoms with van der Waals surface area (Å²) < 4.78 is 0. The lowest BCUT2D eigenvalue weighted by molar-refractivity contribution is -0.219. The van der Waals surface area contributed by atoms with E-state index in [2.05, 4.69) is 13.8 Å². The quantitative estimate of drug-likeness (QED) is 0.672. The van der Waals surface area contributed by atoms with Crippen molar-refractivity contribution in [3.63, 3.8) is 0 Å². The van der Waals surface area contributed by atoms with Gasteiger partial charge in [-0.3, -0.25) is 0 Å². The highest BCUT2D eigenvalue weighted by Crippen LogP contribution is 2.56. The van der Waals surface area contributed by atoms with Gasteiger partial charge in [-0.2, -0.15) is 0 Å². The average molecular weight is 256 g/mol. The fourth-order valence-corrected chi connectivity index (χ4v) is 4.54. The predicted molar refractivity (Wildman–Crippen MR) is 71.0 cm³/mol. The molecule has 106 valence electrons. The Morgan fingerprint density at radius 3 is 2.22 bits per heavy atom. The molecule has 0 radical (unpaired) electrons. The zero-order chi connectivity index (χ0) is 13.7. The molecular formula is C15H28O3. The predicted octanol–water partition coefficient (Wildman–Crippen LogP) is 1.94. The first-order chi connectivity index (χ1) is 8.20. The molecule has 2 aliphatic carbocycles. The second-order valence-electron chi connectivity index (χ2n) is 7.33. The summed E-state index contributed by atoms with van der Waals surface area (Å²) in [4.78, 5) is 0. The number of fused-ring (bicyclic) bond motifs is 1. The lowest BCUT2D eigenvalue weighted by Gasteiger charge is -2.58. The summed E-state index contributed by atoms with van der Waals surface area (Å²) >= 11 is 0. The molecule has 0 bridgehead atoms. The molecule has 0 aromatic heterocycles. The number of hydrogen-bond acceptors (Lipinski definition) is 3. The fourth-order valence-electron chi connectivity index (χ4n) is 4.54. The number of aliphatic hydroxyl groups is 3. The molecule has 2 saturated carbocycles. The summed E-state index contributed by atoms with van der Waals surface area (Å²) in [7, 11) is 0. The third kappa shape index (κ3) is 2.00. The van der Waals surface area contributed by atoms with Gasteiger partial charge in [-0.1, -0.05) is 20.8 Å². The Kier molecular flexibility index (Phi) is 3.54. The third-order valence-electron chi connectivity index (χ3n) is 5.72. The summed E-state index contributed by atoms with van der Waals surface area (Å²) in [6, 6.07) is 0. The second-order valence-corrected chi connectivity index (χ2v) is 7.33. The normalized spacial score (nSPS) is 53.3. The van der Waals surface area contributed by atoms with Crippen molar-refractivity contribution in [3.8, 4) is 0 Å². The van der Waals surface area contributed by atoms with Gasteiger partial charge in [-0.05, 0) is 44.4 Å². The Morgan fingerprint density at radius 2 is 1.67 bits per heavy atom. The van der Waals surface area contributed by atoms with Crippen molar-refractivity contribution >= 4 is 0 Å². The Bertz CT molecular complexity index is 313. The molecule has 0 aliphatic heterocycles. The van der Waals surface area contributed by atoms with E-state index >= 15 is 0 Å². The van der Waals surface area contributed by atoms with Crippen molar-refractivity contribution < 1.29 is 15.3 Å². The average Bonchev–Trinajstić information content (AvgIpc) is 2.23. The largest absolute Gasteiger partial charge is 0.393 e. The van der Waals surface area contributed by atoms with Crippen LogP contribution in [0.1, 0.15) is 53.4 Å². The zero-order valence-electron chi connectivity index (χ0n) is 12.1. The van der Waals surface area contributed by atoms with Crippen molar-refractivity contribution in [2.45, 2.75) is 71.2 Å². The van der Waals surface area contributed by atoms with E-state index in [0.717, 1.165) is 12.8 Å². The fraction of sp³-hybridized carbons (Fsp3) is 1.00. The minimum atomic E-state index is -0.860. The van der Waals surface area contributed by atoms with Crippen molar-refractivity contribution in [2.24, 2.45) is 23.2 Å². The molecule has 3 heteroatoms. The molecule has 3 nitrogen and oxygen atoms in total. The minimum Gasteiger partial charge on any atom is -0.393 e. The molecule has 0 saturated heterocycles. The number of rotatable bonds is 1. The smallest absolute Gasteiger partial charge is 0.0679 e. The first kappa shape index (κ1) is 14.3. The SMILES string of the molecule is CC(C)[C@@H]1CC[C@@]2(C)C([C@@H]1O)[C@@](C)(O)CC[C@@H]2O. The van der Waals surface area contributed by atoms with Crippen LogP contribution in [0.2, 0.25) is 0 Å². The minimum absolute atomic E-state index is 0.213. The van der Waals surface area contributed by atoms with Crippen LogP contribution < -0.4 is 0 Å². The molecule has 0 aromatic carbocycles. The summed E-state index contributed by atoms with van der Waals surface area (Å²) in [6.07, 6.45) is 2.16. The summed E-state index contributed by atoms with van der Waals surface area (Å²) in [5.74, 6) is 0.439. The van der Waals surface area contributed by atoms with Crippen molar-refractivity contribution in [3.05, 3.63) is 0 Å².